The van der Waals surface area contributed by atoms with Gasteiger partial charge >= 0.3 is 0 Å². The van der Waals surface area contributed by atoms with E-state index in [1.54, 1.807) is 29.1 Å². The van der Waals surface area contributed by atoms with Gasteiger partial charge < -0.3 is 10.4 Å². The summed E-state index contributed by atoms with van der Waals surface area (Å²) >= 11 is 12.4. The molecule has 1 aromatic heterocycles. The Kier molecular flexibility index (Phi) is 5.53. The molecule has 29 heavy (non-hydrogen) atoms. The van der Waals surface area contributed by atoms with Crippen LogP contribution in [0.4, 0.5) is 0 Å². The second-order valence-corrected chi connectivity index (χ2v) is 7.33. The van der Waals surface area contributed by atoms with Crippen molar-refractivity contribution in [1.82, 2.24) is 15.1 Å². The van der Waals surface area contributed by atoms with E-state index in [2.05, 4.69) is 10.4 Å². The van der Waals surface area contributed by atoms with Gasteiger partial charge in [-0.05, 0) is 47.5 Å². The number of aliphatic hydroxyl groups excluding tert-OH is 1. The lowest BCUT2D eigenvalue weighted by atomic mass is 10.0. The first-order valence-corrected chi connectivity index (χ1v) is 9.75. The quantitative estimate of drug-likeness (QED) is 0.485. The average Bonchev–Trinajstić information content (AvgIpc) is 3.15. The molecule has 0 fully saturated rings. The standard InChI is InChI=1S/C22H17Cl2N3O2/c23-18-6-7-20(19(24)12-18)27-21-11-15(4-5-17(21)13-26-27)14-2-1-3-16(10-14)22(29)25-8-9-28/h1-7,10-13,28H,8-9H2,(H,25,29). The van der Waals surface area contributed by atoms with E-state index >= 15 is 0 Å². The van der Waals surface area contributed by atoms with Crippen LogP contribution in [0.3, 0.4) is 0 Å². The smallest absolute Gasteiger partial charge is 0.251 e. The number of fused-ring (bicyclic) bond motifs is 1. The average molecular weight is 426 g/mol. The van der Waals surface area contributed by atoms with Crippen molar-refractivity contribution in [2.45, 2.75) is 0 Å². The van der Waals surface area contributed by atoms with Gasteiger partial charge in [0.1, 0.15) is 0 Å². The molecule has 0 aliphatic heterocycles. The number of hydrogen-bond donors (Lipinski definition) is 2. The number of hydrogen-bond acceptors (Lipinski definition) is 3. The normalized spacial score (nSPS) is 11.0. The van der Waals surface area contributed by atoms with Gasteiger partial charge in [0, 0.05) is 22.5 Å². The maximum absolute atomic E-state index is 12.2. The molecular weight excluding hydrogens is 409 g/mol. The highest BCUT2D eigenvalue weighted by atomic mass is 35.5. The molecular formula is C22H17Cl2N3O2. The van der Waals surface area contributed by atoms with Gasteiger partial charge in [0.15, 0.2) is 0 Å². The second kappa shape index (κ2) is 8.25. The van der Waals surface area contributed by atoms with Gasteiger partial charge in [0.05, 0.1) is 29.0 Å². The highest BCUT2D eigenvalue weighted by Crippen LogP contribution is 2.30. The Hall–Kier alpha value is -2.86. The molecule has 1 amide bonds. The van der Waals surface area contributed by atoms with Crippen molar-refractivity contribution in [3.05, 3.63) is 82.5 Å². The first-order valence-electron chi connectivity index (χ1n) is 8.99. The molecule has 0 saturated carbocycles. The van der Waals surface area contributed by atoms with Gasteiger partial charge in [-0.1, -0.05) is 47.5 Å². The molecule has 7 heteroatoms. The number of nitrogens with zero attached hydrogens (tertiary/aromatic N) is 2. The first kappa shape index (κ1) is 19.5. The zero-order valence-electron chi connectivity index (χ0n) is 15.3. The third-order valence-electron chi connectivity index (χ3n) is 4.56. The minimum absolute atomic E-state index is 0.0979. The van der Waals surface area contributed by atoms with Crippen molar-refractivity contribution < 1.29 is 9.90 Å². The number of carbonyl (C=O) groups excluding carboxylic acids is 1. The predicted molar refractivity (Wildman–Crippen MR) is 116 cm³/mol. The fourth-order valence-electron chi connectivity index (χ4n) is 3.15. The SMILES string of the molecule is O=C(NCCO)c1cccc(-c2ccc3cnn(-c4ccc(Cl)cc4Cl)c3c2)c1. The molecule has 0 aliphatic rings. The fraction of sp³-hybridized carbons (Fsp3) is 0.0909. The Morgan fingerprint density at radius 3 is 2.66 bits per heavy atom. The molecule has 0 bridgehead atoms. The zero-order chi connectivity index (χ0) is 20.4. The largest absolute Gasteiger partial charge is 0.395 e. The van der Waals surface area contributed by atoms with Crippen LogP contribution >= 0.6 is 23.2 Å². The molecule has 4 rings (SSSR count). The van der Waals surface area contributed by atoms with E-state index in [1.165, 1.54) is 0 Å². The van der Waals surface area contributed by atoms with Crippen LogP contribution in [0.15, 0.2) is 66.9 Å². The molecule has 3 aromatic carbocycles. The molecule has 0 unspecified atom stereocenters. The number of aliphatic hydroxyl groups is 1. The van der Waals surface area contributed by atoms with Crippen molar-refractivity contribution >= 4 is 40.0 Å². The maximum Gasteiger partial charge on any atom is 0.251 e. The Morgan fingerprint density at radius 2 is 1.86 bits per heavy atom. The van der Waals surface area contributed by atoms with E-state index in [-0.39, 0.29) is 19.1 Å². The number of rotatable bonds is 5. The molecule has 1 heterocycles. The van der Waals surface area contributed by atoms with E-state index in [4.69, 9.17) is 28.3 Å². The van der Waals surface area contributed by atoms with Gasteiger partial charge in [0.2, 0.25) is 0 Å². The van der Waals surface area contributed by atoms with Gasteiger partial charge in [-0.25, -0.2) is 4.68 Å². The summed E-state index contributed by atoms with van der Waals surface area (Å²) in [7, 11) is 0. The van der Waals surface area contributed by atoms with E-state index in [1.807, 2.05) is 42.5 Å². The minimum Gasteiger partial charge on any atom is -0.395 e. The lowest BCUT2D eigenvalue weighted by Gasteiger charge is -2.09. The van der Waals surface area contributed by atoms with E-state index in [9.17, 15) is 4.79 Å². The molecule has 0 atom stereocenters. The Labute approximate surface area is 177 Å². The highest BCUT2D eigenvalue weighted by molar-refractivity contribution is 6.35. The number of carbonyl (C=O) groups is 1. The van der Waals surface area contributed by atoms with E-state index in [0.29, 0.717) is 15.6 Å². The number of halogens is 2. The number of amides is 1. The number of nitrogens with one attached hydrogen (secondary N) is 1. The molecule has 0 radical (unpaired) electrons. The van der Waals surface area contributed by atoms with Gasteiger partial charge in [-0.15, -0.1) is 0 Å². The van der Waals surface area contributed by atoms with Crippen LogP contribution in [-0.2, 0) is 0 Å². The topological polar surface area (TPSA) is 67.2 Å². The van der Waals surface area contributed by atoms with Crippen molar-refractivity contribution in [1.29, 1.82) is 0 Å². The fourth-order valence-corrected chi connectivity index (χ4v) is 3.64. The summed E-state index contributed by atoms with van der Waals surface area (Å²) in [4.78, 5) is 12.2. The summed E-state index contributed by atoms with van der Waals surface area (Å²) in [5, 5.41) is 18.1. The molecule has 0 saturated heterocycles. The second-order valence-electron chi connectivity index (χ2n) is 6.49. The molecule has 2 N–H and O–H groups in total. The molecule has 4 aromatic rings. The minimum atomic E-state index is -0.222. The summed E-state index contributed by atoms with van der Waals surface area (Å²) in [6.45, 7) is 0.120. The third-order valence-corrected chi connectivity index (χ3v) is 5.10. The van der Waals surface area contributed by atoms with Crippen molar-refractivity contribution in [3.63, 3.8) is 0 Å². The lowest BCUT2D eigenvalue weighted by Crippen LogP contribution is -2.26. The van der Waals surface area contributed by atoms with Crippen molar-refractivity contribution in [2.24, 2.45) is 0 Å². The van der Waals surface area contributed by atoms with E-state index in [0.717, 1.165) is 27.7 Å². The molecule has 5 nitrogen and oxygen atoms in total. The van der Waals surface area contributed by atoms with E-state index < -0.39 is 0 Å². The van der Waals surface area contributed by atoms with Crippen molar-refractivity contribution in [3.8, 4) is 16.8 Å². The Bertz CT molecular complexity index is 1200. The summed E-state index contributed by atoms with van der Waals surface area (Å²) in [5.41, 5.74) is 4.01. The van der Waals surface area contributed by atoms with Crippen LogP contribution in [0.1, 0.15) is 10.4 Å². The summed E-state index contributed by atoms with van der Waals surface area (Å²) in [6.07, 6.45) is 1.78. The van der Waals surface area contributed by atoms with Gasteiger partial charge in [0.25, 0.3) is 5.91 Å². The maximum atomic E-state index is 12.2. The van der Waals surface area contributed by atoms with Crippen LogP contribution in [0, 0.1) is 0 Å². The lowest BCUT2D eigenvalue weighted by molar-refractivity contribution is 0.0945. The summed E-state index contributed by atoms with van der Waals surface area (Å²) < 4.78 is 1.77. The Balaban J connectivity index is 1.76. The first-order chi connectivity index (χ1) is 14.1. The summed E-state index contributed by atoms with van der Waals surface area (Å²) in [5.74, 6) is -0.222. The number of aromatic nitrogens is 2. The van der Waals surface area contributed by atoms with Gasteiger partial charge in [-0.2, -0.15) is 5.10 Å². The monoisotopic (exact) mass is 425 g/mol. The van der Waals surface area contributed by atoms with Crippen LogP contribution in [0.2, 0.25) is 10.0 Å². The zero-order valence-corrected chi connectivity index (χ0v) is 16.8. The number of benzene rings is 3. The van der Waals surface area contributed by atoms with Crippen LogP contribution in [-0.4, -0.2) is 33.9 Å². The van der Waals surface area contributed by atoms with Crippen LogP contribution in [0.5, 0.6) is 0 Å². The summed E-state index contributed by atoms with van der Waals surface area (Å²) in [6, 6.07) is 18.6. The van der Waals surface area contributed by atoms with Gasteiger partial charge in [-0.3, -0.25) is 4.79 Å². The van der Waals surface area contributed by atoms with Crippen molar-refractivity contribution in [2.75, 3.05) is 13.2 Å². The predicted octanol–water partition coefficient (Wildman–Crippen LogP) is 4.72. The van der Waals surface area contributed by atoms with Crippen LogP contribution < -0.4 is 5.32 Å². The van der Waals surface area contributed by atoms with Crippen LogP contribution in [0.25, 0.3) is 27.7 Å². The molecule has 146 valence electrons. The molecule has 0 aliphatic carbocycles. The Morgan fingerprint density at radius 1 is 1.03 bits per heavy atom. The molecule has 0 spiro atoms. The highest BCUT2D eigenvalue weighted by Gasteiger charge is 2.11. The third kappa shape index (κ3) is 3.98.